The van der Waals surface area contributed by atoms with E-state index in [9.17, 15) is 0 Å². The first-order valence-electron chi connectivity index (χ1n) is 5.61. The summed E-state index contributed by atoms with van der Waals surface area (Å²) in [6, 6.07) is 5.94. The van der Waals surface area contributed by atoms with Crippen LogP contribution in [0.25, 0.3) is 21.1 Å². The van der Waals surface area contributed by atoms with E-state index >= 15 is 0 Å². The van der Waals surface area contributed by atoms with Gasteiger partial charge in [0.05, 0.1) is 11.2 Å². The summed E-state index contributed by atoms with van der Waals surface area (Å²) in [5.74, 6) is 1.53. The number of rotatable bonds is 0. The van der Waals surface area contributed by atoms with Gasteiger partial charge in [-0.15, -0.1) is 11.3 Å². The lowest BCUT2D eigenvalue weighted by molar-refractivity contribution is 0.174. The largest absolute Gasteiger partial charge is 0.454 e. The van der Waals surface area contributed by atoms with Gasteiger partial charge >= 0.3 is 0 Å². The normalized spacial score (nSPS) is 13.6. The van der Waals surface area contributed by atoms with E-state index in [1.165, 1.54) is 0 Å². The summed E-state index contributed by atoms with van der Waals surface area (Å²) in [5.41, 5.74) is 7.79. The van der Waals surface area contributed by atoms with Gasteiger partial charge in [0.15, 0.2) is 11.5 Å². The summed E-state index contributed by atoms with van der Waals surface area (Å²) in [7, 11) is 0. The van der Waals surface area contributed by atoms with E-state index < -0.39 is 0 Å². The molecule has 1 aliphatic rings. The average Bonchev–Trinajstić information content (AvgIpc) is 2.90. The van der Waals surface area contributed by atoms with E-state index in [0.717, 1.165) is 43.2 Å². The number of benzene rings is 1. The van der Waals surface area contributed by atoms with Crippen LogP contribution in [0.15, 0.2) is 18.2 Å². The highest BCUT2D eigenvalue weighted by Gasteiger charge is 2.16. The predicted molar refractivity (Wildman–Crippen MR) is 72.4 cm³/mol. The monoisotopic (exact) mass is 258 g/mol. The first-order valence-corrected chi connectivity index (χ1v) is 6.43. The second kappa shape index (κ2) is 3.26. The van der Waals surface area contributed by atoms with Crippen molar-refractivity contribution in [1.29, 1.82) is 0 Å². The maximum atomic E-state index is 6.06. The van der Waals surface area contributed by atoms with Crippen molar-refractivity contribution in [1.82, 2.24) is 4.98 Å². The summed E-state index contributed by atoms with van der Waals surface area (Å²) in [6.45, 7) is 2.29. The molecule has 4 rings (SSSR count). The fraction of sp³-hybridized carbons (Fsp3) is 0.154. The van der Waals surface area contributed by atoms with Crippen LogP contribution in [0.5, 0.6) is 11.5 Å². The van der Waals surface area contributed by atoms with Crippen LogP contribution in [0, 0.1) is 6.92 Å². The van der Waals surface area contributed by atoms with E-state index in [2.05, 4.69) is 11.1 Å². The topological polar surface area (TPSA) is 57.4 Å². The zero-order valence-electron chi connectivity index (χ0n) is 9.69. The number of hydrogen-bond donors (Lipinski definition) is 1. The van der Waals surface area contributed by atoms with Crippen LogP contribution < -0.4 is 15.2 Å². The second-order valence-electron chi connectivity index (χ2n) is 4.31. The zero-order chi connectivity index (χ0) is 12.3. The summed E-state index contributed by atoms with van der Waals surface area (Å²) >= 11 is 1.62. The van der Waals surface area contributed by atoms with Crippen LogP contribution in [0.4, 0.5) is 5.69 Å². The number of pyridine rings is 1. The highest BCUT2D eigenvalue weighted by atomic mass is 32.1. The van der Waals surface area contributed by atoms with Gasteiger partial charge in [0, 0.05) is 21.7 Å². The molecule has 90 valence electrons. The molecular formula is C13H10N2O2S. The second-order valence-corrected chi connectivity index (χ2v) is 5.51. The molecule has 5 heteroatoms. The number of hydrogen-bond acceptors (Lipinski definition) is 5. The molecule has 1 aliphatic heterocycles. The molecule has 0 fully saturated rings. The molecule has 3 heterocycles. The third-order valence-electron chi connectivity index (χ3n) is 3.19. The number of nitrogens with zero attached hydrogens (tertiary/aromatic N) is 1. The minimum atomic E-state index is 0.279. The van der Waals surface area contributed by atoms with Crippen molar-refractivity contribution in [2.45, 2.75) is 6.92 Å². The quantitative estimate of drug-likeness (QED) is 0.673. The lowest BCUT2D eigenvalue weighted by Gasteiger charge is -2.01. The van der Waals surface area contributed by atoms with Crippen molar-refractivity contribution in [2.24, 2.45) is 0 Å². The number of aryl methyl sites for hydroxylation is 1. The molecule has 2 N–H and O–H groups in total. The van der Waals surface area contributed by atoms with Gasteiger partial charge in [-0.2, -0.15) is 0 Å². The van der Waals surface area contributed by atoms with Gasteiger partial charge in [-0.3, -0.25) is 0 Å². The first-order chi connectivity index (χ1) is 8.72. The van der Waals surface area contributed by atoms with Crippen LogP contribution in [0.3, 0.4) is 0 Å². The fourth-order valence-electron chi connectivity index (χ4n) is 2.21. The smallest absolute Gasteiger partial charge is 0.231 e. The Morgan fingerprint density at radius 2 is 2.00 bits per heavy atom. The standard InChI is InChI=1S/C13H10N2O2S/c1-6-12(14)8-2-7-3-10-11(17-5-16-10)4-9(7)15-13(8)18-6/h2-4H,5,14H2,1H3. The van der Waals surface area contributed by atoms with Crippen LogP contribution in [0.2, 0.25) is 0 Å². The molecule has 1 aromatic carbocycles. The predicted octanol–water partition coefficient (Wildman–Crippen LogP) is 3.07. The van der Waals surface area contributed by atoms with Gasteiger partial charge in [-0.05, 0) is 19.1 Å². The molecule has 0 saturated heterocycles. The van der Waals surface area contributed by atoms with Crippen molar-refractivity contribution in [3.63, 3.8) is 0 Å². The molecule has 3 aromatic rings. The molecule has 18 heavy (non-hydrogen) atoms. The van der Waals surface area contributed by atoms with Crippen molar-refractivity contribution >= 4 is 38.1 Å². The Hall–Kier alpha value is -2.01. The van der Waals surface area contributed by atoms with Gasteiger partial charge in [0.25, 0.3) is 0 Å². The van der Waals surface area contributed by atoms with Gasteiger partial charge in [-0.1, -0.05) is 0 Å². The molecule has 0 spiro atoms. The Bertz CT molecular complexity index is 795. The van der Waals surface area contributed by atoms with E-state index in [1.807, 2.05) is 19.1 Å². The van der Waals surface area contributed by atoms with Crippen molar-refractivity contribution in [3.8, 4) is 11.5 Å². The molecule has 0 amide bonds. The van der Waals surface area contributed by atoms with E-state index in [-0.39, 0.29) is 6.79 Å². The minimum absolute atomic E-state index is 0.279. The maximum absolute atomic E-state index is 6.06. The maximum Gasteiger partial charge on any atom is 0.231 e. The SMILES string of the molecule is Cc1sc2nc3cc4c(cc3cc2c1N)OCO4. The summed E-state index contributed by atoms with van der Waals surface area (Å²) in [5, 5.41) is 2.04. The molecule has 0 radical (unpaired) electrons. The Balaban J connectivity index is 2.12. The lowest BCUT2D eigenvalue weighted by atomic mass is 10.1. The van der Waals surface area contributed by atoms with Crippen LogP contribution in [0.1, 0.15) is 4.88 Å². The molecular weight excluding hydrogens is 248 g/mol. The summed E-state index contributed by atoms with van der Waals surface area (Å²) < 4.78 is 10.7. The van der Waals surface area contributed by atoms with E-state index in [0.29, 0.717) is 0 Å². The molecule has 0 saturated carbocycles. The Morgan fingerprint density at radius 3 is 2.83 bits per heavy atom. The number of nitrogen functional groups attached to an aromatic ring is 1. The van der Waals surface area contributed by atoms with Crippen LogP contribution in [-0.4, -0.2) is 11.8 Å². The number of thiophene rings is 1. The highest BCUT2D eigenvalue weighted by Crippen LogP contribution is 2.39. The number of ether oxygens (including phenoxy) is 2. The zero-order valence-corrected chi connectivity index (χ0v) is 10.5. The minimum Gasteiger partial charge on any atom is -0.454 e. The van der Waals surface area contributed by atoms with Gasteiger partial charge in [0.2, 0.25) is 6.79 Å². The van der Waals surface area contributed by atoms with E-state index in [1.54, 1.807) is 11.3 Å². The summed E-state index contributed by atoms with van der Waals surface area (Å²) in [6.07, 6.45) is 0. The number of fused-ring (bicyclic) bond motifs is 3. The van der Waals surface area contributed by atoms with Crippen LogP contribution >= 0.6 is 11.3 Å². The third-order valence-corrected chi connectivity index (χ3v) is 4.22. The Labute approximate surface area is 107 Å². The van der Waals surface area contributed by atoms with Gasteiger partial charge in [0.1, 0.15) is 4.83 Å². The van der Waals surface area contributed by atoms with Gasteiger partial charge in [-0.25, -0.2) is 4.98 Å². The molecule has 0 atom stereocenters. The van der Waals surface area contributed by atoms with E-state index in [4.69, 9.17) is 15.2 Å². The number of nitrogens with two attached hydrogens (primary N) is 1. The number of anilines is 1. The fourth-order valence-corrected chi connectivity index (χ4v) is 3.14. The first kappa shape index (κ1) is 9.96. The Kier molecular flexibility index (Phi) is 1.81. The average molecular weight is 258 g/mol. The third kappa shape index (κ3) is 1.22. The lowest BCUT2D eigenvalue weighted by Crippen LogP contribution is -1.92. The molecule has 2 aromatic heterocycles. The molecule has 0 aliphatic carbocycles. The van der Waals surface area contributed by atoms with Crippen molar-refractivity contribution < 1.29 is 9.47 Å². The van der Waals surface area contributed by atoms with Crippen molar-refractivity contribution in [2.75, 3.05) is 12.5 Å². The van der Waals surface area contributed by atoms with Gasteiger partial charge < -0.3 is 15.2 Å². The Morgan fingerprint density at radius 1 is 1.22 bits per heavy atom. The van der Waals surface area contributed by atoms with Crippen LogP contribution in [-0.2, 0) is 0 Å². The number of aromatic nitrogens is 1. The summed E-state index contributed by atoms with van der Waals surface area (Å²) in [4.78, 5) is 6.71. The highest BCUT2D eigenvalue weighted by molar-refractivity contribution is 7.19. The molecule has 4 nitrogen and oxygen atoms in total. The van der Waals surface area contributed by atoms with Crippen molar-refractivity contribution in [3.05, 3.63) is 23.1 Å². The molecule has 0 bridgehead atoms. The molecule has 0 unspecified atom stereocenters.